The van der Waals surface area contributed by atoms with E-state index in [0.29, 0.717) is 12.5 Å². The van der Waals surface area contributed by atoms with Crippen LogP contribution in [0, 0.1) is 0 Å². The summed E-state index contributed by atoms with van der Waals surface area (Å²) in [6.07, 6.45) is 4.22. The van der Waals surface area contributed by atoms with Gasteiger partial charge in [0.25, 0.3) is 0 Å². The molecule has 0 saturated heterocycles. The van der Waals surface area contributed by atoms with Crippen molar-refractivity contribution in [3.8, 4) is 0 Å². The van der Waals surface area contributed by atoms with E-state index in [2.05, 4.69) is 19.1 Å². The minimum absolute atomic E-state index is 0.261. The molecule has 1 unspecified atom stereocenters. The van der Waals surface area contributed by atoms with Gasteiger partial charge in [-0.2, -0.15) is 0 Å². The number of benzene rings is 1. The van der Waals surface area contributed by atoms with Crippen LogP contribution < -0.4 is 0 Å². The number of hydrogen-bond acceptors (Lipinski definition) is 2. The Morgan fingerprint density at radius 2 is 2.06 bits per heavy atom. The molecule has 1 aromatic rings. The summed E-state index contributed by atoms with van der Waals surface area (Å²) in [7, 11) is 0. The quantitative estimate of drug-likeness (QED) is 0.560. The van der Waals surface area contributed by atoms with Crippen LogP contribution in [0.3, 0.4) is 0 Å². The van der Waals surface area contributed by atoms with Crippen molar-refractivity contribution < 1.29 is 9.53 Å². The van der Waals surface area contributed by atoms with Gasteiger partial charge in [0.15, 0.2) is 0 Å². The molecule has 1 rings (SSSR count). The van der Waals surface area contributed by atoms with Gasteiger partial charge in [-0.1, -0.05) is 43.3 Å². The fourth-order valence-electron chi connectivity index (χ4n) is 1.48. The van der Waals surface area contributed by atoms with Crippen molar-refractivity contribution in [2.75, 3.05) is 6.61 Å². The molecule has 0 heterocycles. The monoisotopic (exact) mass is 218 g/mol. The maximum atomic E-state index is 11.1. The number of allylic oxidation sites excluding steroid dienone is 1. The van der Waals surface area contributed by atoms with Gasteiger partial charge < -0.3 is 4.74 Å². The zero-order valence-corrected chi connectivity index (χ0v) is 9.85. The van der Waals surface area contributed by atoms with E-state index < -0.39 is 0 Å². The fourth-order valence-corrected chi connectivity index (χ4v) is 1.48. The lowest BCUT2D eigenvalue weighted by Crippen LogP contribution is -1.99. The Labute approximate surface area is 96.9 Å². The van der Waals surface area contributed by atoms with Gasteiger partial charge in [0.2, 0.25) is 0 Å². The Morgan fingerprint density at radius 3 is 2.69 bits per heavy atom. The molecule has 0 bridgehead atoms. The van der Waals surface area contributed by atoms with Crippen LogP contribution in [-0.2, 0) is 9.53 Å². The van der Waals surface area contributed by atoms with Crippen LogP contribution in [0.4, 0.5) is 0 Å². The van der Waals surface area contributed by atoms with E-state index in [4.69, 9.17) is 4.74 Å². The van der Waals surface area contributed by atoms with Crippen LogP contribution in [0.5, 0.6) is 0 Å². The predicted octanol–water partition coefficient (Wildman–Crippen LogP) is 3.30. The molecule has 16 heavy (non-hydrogen) atoms. The minimum Gasteiger partial charge on any atom is -0.463 e. The number of hydrogen-bond donors (Lipinski definition) is 0. The molecule has 0 saturated carbocycles. The second-order valence-corrected chi connectivity index (χ2v) is 3.70. The maximum absolute atomic E-state index is 11.1. The van der Waals surface area contributed by atoms with Crippen molar-refractivity contribution >= 4 is 5.97 Å². The molecule has 0 spiro atoms. The Kier molecular flexibility index (Phi) is 5.34. The van der Waals surface area contributed by atoms with Crippen LogP contribution >= 0.6 is 0 Å². The zero-order chi connectivity index (χ0) is 11.8. The minimum atomic E-state index is -0.261. The first kappa shape index (κ1) is 12.5. The van der Waals surface area contributed by atoms with Crippen LogP contribution in [0.2, 0.25) is 0 Å². The number of ether oxygens (including phenoxy) is 1. The Morgan fingerprint density at radius 1 is 1.38 bits per heavy atom. The van der Waals surface area contributed by atoms with Crippen molar-refractivity contribution in [2.45, 2.75) is 26.2 Å². The summed E-state index contributed by atoms with van der Waals surface area (Å²) in [4.78, 5) is 11.1. The SMILES string of the molecule is CCOC(=O)/C=C/CC(C)c1ccccc1. The molecule has 86 valence electrons. The molecular weight excluding hydrogens is 200 g/mol. The maximum Gasteiger partial charge on any atom is 0.330 e. The molecule has 2 heteroatoms. The molecule has 0 aliphatic rings. The smallest absolute Gasteiger partial charge is 0.330 e. The van der Waals surface area contributed by atoms with Gasteiger partial charge in [0.1, 0.15) is 0 Å². The Balaban J connectivity index is 2.41. The summed E-state index contributed by atoms with van der Waals surface area (Å²) in [5.74, 6) is 0.162. The molecule has 0 aromatic heterocycles. The van der Waals surface area contributed by atoms with Crippen LogP contribution in [0.25, 0.3) is 0 Å². The summed E-state index contributed by atoms with van der Waals surface area (Å²) in [6, 6.07) is 10.3. The summed E-state index contributed by atoms with van der Waals surface area (Å²) in [5, 5.41) is 0. The third-order valence-electron chi connectivity index (χ3n) is 2.40. The van der Waals surface area contributed by atoms with Crippen molar-refractivity contribution in [2.24, 2.45) is 0 Å². The van der Waals surface area contributed by atoms with Gasteiger partial charge in [-0.25, -0.2) is 4.79 Å². The van der Waals surface area contributed by atoms with E-state index in [9.17, 15) is 4.79 Å². The van der Waals surface area contributed by atoms with Gasteiger partial charge >= 0.3 is 5.97 Å². The van der Waals surface area contributed by atoms with Crippen molar-refractivity contribution in [1.29, 1.82) is 0 Å². The highest BCUT2D eigenvalue weighted by atomic mass is 16.5. The van der Waals surface area contributed by atoms with Crippen LogP contribution in [0.1, 0.15) is 31.7 Å². The van der Waals surface area contributed by atoms with Gasteiger partial charge in [-0.15, -0.1) is 0 Å². The average molecular weight is 218 g/mol. The first-order valence-corrected chi connectivity index (χ1v) is 5.62. The lowest BCUT2D eigenvalue weighted by molar-refractivity contribution is -0.137. The van der Waals surface area contributed by atoms with Crippen molar-refractivity contribution in [1.82, 2.24) is 0 Å². The molecule has 0 aliphatic heterocycles. The van der Waals surface area contributed by atoms with Gasteiger partial charge in [-0.3, -0.25) is 0 Å². The third kappa shape index (κ3) is 4.30. The molecular formula is C14H18O2. The average Bonchev–Trinajstić information content (AvgIpc) is 2.30. The number of rotatable bonds is 5. The predicted molar refractivity (Wildman–Crippen MR) is 65.2 cm³/mol. The molecule has 0 fully saturated rings. The molecule has 0 N–H and O–H groups in total. The van der Waals surface area contributed by atoms with E-state index in [1.807, 2.05) is 24.3 Å². The van der Waals surface area contributed by atoms with Crippen LogP contribution in [-0.4, -0.2) is 12.6 Å². The molecule has 2 nitrogen and oxygen atoms in total. The van der Waals surface area contributed by atoms with E-state index in [1.165, 1.54) is 11.6 Å². The Hall–Kier alpha value is -1.57. The van der Waals surface area contributed by atoms with Crippen molar-refractivity contribution in [3.05, 3.63) is 48.0 Å². The lowest BCUT2D eigenvalue weighted by atomic mass is 9.98. The van der Waals surface area contributed by atoms with E-state index in [1.54, 1.807) is 6.92 Å². The van der Waals surface area contributed by atoms with Crippen LogP contribution in [0.15, 0.2) is 42.5 Å². The first-order chi connectivity index (χ1) is 7.74. The second kappa shape index (κ2) is 6.83. The number of carbonyl (C=O) groups is 1. The Bertz CT molecular complexity index is 341. The van der Waals surface area contributed by atoms with E-state index in [0.717, 1.165) is 6.42 Å². The topological polar surface area (TPSA) is 26.3 Å². The summed E-state index contributed by atoms with van der Waals surface area (Å²) >= 11 is 0. The second-order valence-electron chi connectivity index (χ2n) is 3.70. The summed E-state index contributed by atoms with van der Waals surface area (Å²) < 4.78 is 4.80. The fraction of sp³-hybridized carbons (Fsp3) is 0.357. The highest BCUT2D eigenvalue weighted by Crippen LogP contribution is 2.18. The van der Waals surface area contributed by atoms with Crippen molar-refractivity contribution in [3.63, 3.8) is 0 Å². The van der Waals surface area contributed by atoms with Gasteiger partial charge in [-0.05, 0) is 24.8 Å². The van der Waals surface area contributed by atoms with Gasteiger partial charge in [0.05, 0.1) is 6.61 Å². The summed E-state index contributed by atoms with van der Waals surface area (Å²) in [5.41, 5.74) is 1.29. The summed E-state index contributed by atoms with van der Waals surface area (Å²) in [6.45, 7) is 4.38. The zero-order valence-electron chi connectivity index (χ0n) is 9.85. The highest BCUT2D eigenvalue weighted by molar-refractivity contribution is 5.81. The lowest BCUT2D eigenvalue weighted by Gasteiger charge is -2.08. The molecule has 1 aromatic carbocycles. The van der Waals surface area contributed by atoms with Gasteiger partial charge in [0, 0.05) is 6.08 Å². The molecule has 0 radical (unpaired) electrons. The number of esters is 1. The molecule has 0 amide bonds. The van der Waals surface area contributed by atoms with E-state index in [-0.39, 0.29) is 5.97 Å². The number of carbonyl (C=O) groups excluding carboxylic acids is 1. The largest absolute Gasteiger partial charge is 0.463 e. The first-order valence-electron chi connectivity index (χ1n) is 5.62. The normalized spacial score (nSPS) is 12.6. The standard InChI is InChI=1S/C14H18O2/c1-3-16-14(15)11-7-8-12(2)13-9-5-4-6-10-13/h4-7,9-12H,3,8H2,1-2H3/b11-7+. The van der Waals surface area contributed by atoms with E-state index >= 15 is 0 Å². The molecule has 1 atom stereocenters. The highest BCUT2D eigenvalue weighted by Gasteiger charge is 2.02. The third-order valence-corrected chi connectivity index (χ3v) is 2.40. The molecule has 0 aliphatic carbocycles.